The van der Waals surface area contributed by atoms with Crippen molar-refractivity contribution in [3.63, 3.8) is 0 Å². The van der Waals surface area contributed by atoms with Crippen molar-refractivity contribution in [2.45, 2.75) is 96.9 Å². The summed E-state index contributed by atoms with van der Waals surface area (Å²) < 4.78 is 70.5. The number of phosphoric acid groups is 1. The van der Waals surface area contributed by atoms with Gasteiger partial charge in [-0.05, 0) is 128 Å². The zero-order valence-electron chi connectivity index (χ0n) is 59.2. The number of benzene rings is 6. The van der Waals surface area contributed by atoms with Gasteiger partial charge in [-0.15, -0.1) is 0 Å². The van der Waals surface area contributed by atoms with Crippen LogP contribution in [0.25, 0.3) is 0 Å². The van der Waals surface area contributed by atoms with E-state index >= 15 is 4.57 Å². The summed E-state index contributed by atoms with van der Waals surface area (Å²) in [7, 11) is -4.47. The average Bonchev–Trinajstić information content (AvgIpc) is 0.597. The van der Waals surface area contributed by atoms with Gasteiger partial charge in [0.15, 0.2) is 0 Å². The van der Waals surface area contributed by atoms with E-state index in [4.69, 9.17) is 75.4 Å². The number of phosphoric ester groups is 1. The van der Waals surface area contributed by atoms with Gasteiger partial charge in [-0.2, -0.15) is 15.3 Å². The van der Waals surface area contributed by atoms with Crippen LogP contribution in [-0.4, -0.2) is 186 Å². The SMILES string of the molecule is C/C=N/N1CCC(Oc2ccc(C(=O)NCCOc3cc(C(=N)N)ccc3CCOP(=O)(OCCc3ccc(C(=N)N)cc3OCCNC(=O)c3ccc(OC4CCN(/N=C/C)CC4)cc3)OCCc3ccc(C(=N)N)cc3OCCNC(=O)c3ccc(OC4CCN(/N=C/C)CC4)cc3)cc2)CC1. The van der Waals surface area contributed by atoms with Gasteiger partial charge >= 0.3 is 7.82 Å². The molecule has 0 aliphatic carbocycles. The Morgan fingerprint density at radius 1 is 0.413 bits per heavy atom. The molecule has 3 heterocycles. The molecular weight excluding hydrogens is 1350 g/mol. The molecule has 0 atom stereocenters. The number of nitrogen functional groups attached to an aromatic ring is 3. The maximum atomic E-state index is 15.0. The number of hydrogen-bond acceptors (Lipinski definition) is 22. The lowest BCUT2D eigenvalue weighted by Crippen LogP contribution is -2.35. The number of amides is 3. The molecule has 6 aromatic rings. The van der Waals surface area contributed by atoms with Crippen molar-refractivity contribution in [2.24, 2.45) is 32.5 Å². The number of nitrogens with one attached hydrogen (secondary N) is 6. The molecule has 28 nitrogen and oxygen atoms in total. The van der Waals surface area contributed by atoms with E-state index in [1.165, 1.54) is 0 Å². The molecule has 3 aliphatic rings. The van der Waals surface area contributed by atoms with E-state index in [-0.39, 0.29) is 132 Å². The molecule has 104 heavy (non-hydrogen) atoms. The standard InChI is InChI=1S/C75H96N15O13P/c1-4-85-88-37-25-64(26-38-88)101-61-19-13-55(14-20-61)73(91)82-34-46-95-67-49-58(70(76)77)10-7-52(67)31-43-98-104(94,99-44-32-53-8-11-59(71(78)79)50-68(53)96-47-35-83-74(92)56-15-21-62(22-16-56)102-65-27-39-89(40-28-65)86-5-2)100-45-33-54-9-12-60(72(80)81)51-69(54)97-48-36-84-75(93)57-17-23-63(24-18-57)103-66-29-41-90(42-30-66)87-6-3/h4-24,49-51,64-66H,25-48H2,1-3H3,(H3,76,77)(H3,78,79)(H3,80,81)(H,82,91)(H,83,92)(H,84,93)/b85-4+,86-5+,87-6+. The highest BCUT2D eigenvalue weighted by atomic mass is 31.2. The number of hydrazone groups is 3. The molecule has 6 aromatic carbocycles. The number of nitrogens with zero attached hydrogens (tertiary/aromatic N) is 6. The molecule has 3 fully saturated rings. The molecule has 9 rings (SSSR count). The van der Waals surface area contributed by atoms with E-state index in [2.05, 4.69) is 31.3 Å². The predicted molar refractivity (Wildman–Crippen MR) is 400 cm³/mol. The Labute approximate surface area is 607 Å². The Morgan fingerprint density at radius 3 is 0.904 bits per heavy atom. The lowest BCUT2D eigenvalue weighted by molar-refractivity contribution is 0.0938. The molecule has 3 aliphatic heterocycles. The Morgan fingerprint density at radius 2 is 0.663 bits per heavy atom. The lowest BCUT2D eigenvalue weighted by Gasteiger charge is -2.30. The maximum Gasteiger partial charge on any atom is 0.474 e. The van der Waals surface area contributed by atoms with Crippen LogP contribution in [0.15, 0.2) is 143 Å². The van der Waals surface area contributed by atoms with Gasteiger partial charge in [0.05, 0.1) is 39.5 Å². The molecule has 0 radical (unpaired) electrons. The predicted octanol–water partition coefficient (Wildman–Crippen LogP) is 8.70. The summed E-state index contributed by atoms with van der Waals surface area (Å²) in [5.41, 5.74) is 22.0. The van der Waals surface area contributed by atoms with Crippen LogP contribution in [0.4, 0.5) is 0 Å². The van der Waals surface area contributed by atoms with E-state index < -0.39 is 7.82 Å². The van der Waals surface area contributed by atoms with Crippen molar-refractivity contribution in [2.75, 3.05) is 98.5 Å². The first-order valence-electron chi connectivity index (χ1n) is 35.1. The summed E-state index contributed by atoms with van der Waals surface area (Å²) in [6.07, 6.45) is 10.9. The molecule has 0 aromatic heterocycles. The fourth-order valence-electron chi connectivity index (χ4n) is 11.7. The minimum absolute atomic E-state index is 0.0390. The summed E-state index contributed by atoms with van der Waals surface area (Å²) in [5, 5.41) is 52.3. The maximum absolute atomic E-state index is 15.0. The zero-order chi connectivity index (χ0) is 73.6. The Hall–Kier alpha value is -10.5. The van der Waals surface area contributed by atoms with Crippen LogP contribution in [0.2, 0.25) is 0 Å². The summed E-state index contributed by atoms with van der Waals surface area (Å²) in [6, 6.07) is 35.8. The van der Waals surface area contributed by atoms with Crippen molar-refractivity contribution in [3.05, 3.63) is 177 Å². The number of nitrogens with two attached hydrogens (primary N) is 3. The van der Waals surface area contributed by atoms with Crippen molar-refractivity contribution in [1.29, 1.82) is 16.2 Å². The van der Waals surface area contributed by atoms with Gasteiger partial charge in [0.2, 0.25) is 0 Å². The minimum Gasteiger partial charge on any atom is -0.491 e. The topological polar surface area (TPSA) is 384 Å². The second-order valence-electron chi connectivity index (χ2n) is 24.7. The largest absolute Gasteiger partial charge is 0.491 e. The fraction of sp³-hybridized carbons (Fsp3) is 0.400. The molecule has 12 N–H and O–H groups in total. The van der Waals surface area contributed by atoms with Crippen molar-refractivity contribution >= 4 is 61.7 Å². The quantitative estimate of drug-likeness (QED) is 0.00753. The fourth-order valence-corrected chi connectivity index (χ4v) is 12.9. The third-order valence-corrected chi connectivity index (χ3v) is 18.8. The summed E-state index contributed by atoms with van der Waals surface area (Å²) >= 11 is 0. The van der Waals surface area contributed by atoms with Crippen molar-refractivity contribution < 1.29 is 60.9 Å². The molecule has 3 saturated heterocycles. The second kappa shape index (κ2) is 39.8. The van der Waals surface area contributed by atoms with E-state index in [1.54, 1.807) is 146 Å². The highest BCUT2D eigenvalue weighted by Gasteiger charge is 2.29. The van der Waals surface area contributed by atoms with Gasteiger partial charge in [-0.1, -0.05) is 36.4 Å². The number of amidine groups is 3. The number of carbonyl (C=O) groups is 3. The van der Waals surface area contributed by atoms with Gasteiger partial charge in [-0.3, -0.25) is 59.2 Å². The number of hydrogen-bond donors (Lipinski definition) is 9. The number of rotatable bonds is 39. The lowest BCUT2D eigenvalue weighted by atomic mass is 10.1. The van der Waals surface area contributed by atoms with E-state index in [0.29, 0.717) is 84.6 Å². The van der Waals surface area contributed by atoms with E-state index in [0.717, 1.165) is 77.8 Å². The highest BCUT2D eigenvalue weighted by Crippen LogP contribution is 2.50. The number of carbonyl (C=O) groups excluding carboxylic acids is 3. The van der Waals surface area contributed by atoms with Crippen LogP contribution < -0.4 is 61.6 Å². The molecule has 0 spiro atoms. The molecule has 0 saturated carbocycles. The minimum atomic E-state index is -4.47. The van der Waals surface area contributed by atoms with Crippen LogP contribution in [0, 0.1) is 16.2 Å². The normalized spacial score (nSPS) is 15.2. The highest BCUT2D eigenvalue weighted by molar-refractivity contribution is 7.48. The molecule has 554 valence electrons. The van der Waals surface area contributed by atoms with Gasteiger partial charge in [0.1, 0.15) is 90.1 Å². The average molecular weight is 1450 g/mol. The molecule has 29 heteroatoms. The monoisotopic (exact) mass is 1450 g/mol. The van der Waals surface area contributed by atoms with Gasteiger partial charge in [-0.25, -0.2) is 4.57 Å². The third-order valence-electron chi connectivity index (χ3n) is 17.3. The Kier molecular flexibility index (Phi) is 29.7. The summed E-state index contributed by atoms with van der Waals surface area (Å²) in [5.74, 6) is 1.53. The Balaban J connectivity index is 0.820. The first kappa shape index (κ1) is 77.6. The van der Waals surface area contributed by atoms with Crippen LogP contribution in [0.1, 0.15) is 124 Å². The van der Waals surface area contributed by atoms with Crippen LogP contribution in [0.5, 0.6) is 34.5 Å². The molecule has 0 bridgehead atoms. The summed E-state index contributed by atoms with van der Waals surface area (Å²) in [6.45, 7) is 10.4. The van der Waals surface area contributed by atoms with Crippen LogP contribution >= 0.6 is 7.82 Å². The molecular formula is C75H96N15O13P. The first-order chi connectivity index (χ1) is 50.4. The van der Waals surface area contributed by atoms with E-state index in [9.17, 15) is 14.4 Å². The van der Waals surface area contributed by atoms with Gasteiger partial charge in [0.25, 0.3) is 17.7 Å². The smallest absolute Gasteiger partial charge is 0.474 e. The summed E-state index contributed by atoms with van der Waals surface area (Å²) in [4.78, 5) is 39.8. The van der Waals surface area contributed by atoms with E-state index in [1.807, 2.05) is 35.8 Å². The molecule has 3 amide bonds. The first-order valence-corrected chi connectivity index (χ1v) is 36.6. The second-order valence-corrected chi connectivity index (χ2v) is 26.4. The molecule has 0 unspecified atom stereocenters. The van der Waals surface area contributed by atoms with Crippen molar-refractivity contribution in [1.82, 2.24) is 31.0 Å². The van der Waals surface area contributed by atoms with Gasteiger partial charge < -0.3 is 61.6 Å². The number of piperidine rings is 3. The Bertz CT molecular complexity index is 3570. The van der Waals surface area contributed by atoms with Gasteiger partial charge in [0, 0.05) is 149 Å². The number of ether oxygens (including phenoxy) is 6. The van der Waals surface area contributed by atoms with Crippen molar-refractivity contribution in [3.8, 4) is 34.5 Å². The van der Waals surface area contributed by atoms with Crippen LogP contribution in [-0.2, 0) is 37.4 Å². The zero-order valence-corrected chi connectivity index (χ0v) is 60.1. The third kappa shape index (κ3) is 24.3. The van der Waals surface area contributed by atoms with Crippen LogP contribution in [0.3, 0.4) is 0 Å².